The van der Waals surface area contributed by atoms with Gasteiger partial charge in [0.1, 0.15) is 24.2 Å². The van der Waals surface area contributed by atoms with Crippen LogP contribution in [0.1, 0.15) is 46.5 Å². The zero-order valence-corrected chi connectivity index (χ0v) is 26.1. The van der Waals surface area contributed by atoms with E-state index in [4.69, 9.17) is 9.47 Å². The number of rotatable bonds is 6. The minimum atomic E-state index is -0.722. The molecule has 1 atom stereocenters. The van der Waals surface area contributed by atoms with Crippen LogP contribution in [0.2, 0.25) is 0 Å². The molecule has 1 fully saturated rings. The quantitative estimate of drug-likeness (QED) is 0.512. The smallest absolute Gasteiger partial charge is 0.248 e. The van der Waals surface area contributed by atoms with Gasteiger partial charge >= 0.3 is 0 Å². The van der Waals surface area contributed by atoms with Crippen LogP contribution in [0.3, 0.4) is 0 Å². The predicted molar refractivity (Wildman–Crippen MR) is 165 cm³/mol. The molecule has 4 amide bonds. The van der Waals surface area contributed by atoms with Crippen LogP contribution in [0, 0.1) is 11.8 Å². The van der Waals surface area contributed by atoms with E-state index < -0.39 is 6.04 Å². The van der Waals surface area contributed by atoms with Gasteiger partial charge in [-0.1, -0.05) is 26.0 Å². The molecule has 4 rings (SSSR count). The number of fused-ring (bicyclic) bond motifs is 4. The minimum Gasteiger partial charge on any atom is -0.494 e. The highest BCUT2D eigenvalue weighted by molar-refractivity contribution is 5.90. The third kappa shape index (κ3) is 9.28. The fourth-order valence-electron chi connectivity index (χ4n) is 5.64. The molecular formula is C32H46N6O6. The fourth-order valence-corrected chi connectivity index (χ4v) is 5.64. The number of imidazole rings is 1. The molecule has 12 heteroatoms. The molecule has 1 saturated heterocycles. The van der Waals surface area contributed by atoms with E-state index in [1.54, 1.807) is 16.0 Å². The van der Waals surface area contributed by atoms with E-state index in [1.165, 1.54) is 0 Å². The molecule has 2 N–H and O–H groups in total. The first-order valence-corrected chi connectivity index (χ1v) is 15.7. The van der Waals surface area contributed by atoms with Gasteiger partial charge in [0.25, 0.3) is 0 Å². The molecule has 3 heterocycles. The topological polar surface area (TPSA) is 135 Å². The third-order valence-electron chi connectivity index (χ3n) is 7.93. The molecule has 2 aliphatic heterocycles. The van der Waals surface area contributed by atoms with Crippen LogP contribution in [0.4, 0.5) is 0 Å². The lowest BCUT2D eigenvalue weighted by molar-refractivity contribution is -0.144. The first-order chi connectivity index (χ1) is 21.2. The SMILES string of the molecule is CCOCC(=O)N1CCC(C(=O)N2CCCOc3cccc(c3)-c3nccn3CCNC(=O)[C@@H](CC(C)C)NC(=O)C2)CC1. The van der Waals surface area contributed by atoms with E-state index >= 15 is 0 Å². The second kappa shape index (κ2) is 16.2. The first-order valence-electron chi connectivity index (χ1n) is 15.7. The number of likely N-dealkylation sites (tertiary alicyclic amines) is 1. The van der Waals surface area contributed by atoms with Crippen LogP contribution in [0.25, 0.3) is 11.4 Å². The Morgan fingerprint density at radius 1 is 1.11 bits per heavy atom. The van der Waals surface area contributed by atoms with Gasteiger partial charge in [0, 0.05) is 63.2 Å². The zero-order chi connectivity index (χ0) is 31.5. The monoisotopic (exact) mass is 610 g/mol. The molecule has 0 spiro atoms. The largest absolute Gasteiger partial charge is 0.494 e. The maximum atomic E-state index is 13.7. The Hall–Kier alpha value is -3.93. The summed E-state index contributed by atoms with van der Waals surface area (Å²) in [6.07, 6.45) is 5.62. The van der Waals surface area contributed by atoms with Crippen molar-refractivity contribution in [2.45, 2.75) is 59.0 Å². The number of ether oxygens (including phenoxy) is 2. The second-order valence-corrected chi connectivity index (χ2v) is 11.8. The van der Waals surface area contributed by atoms with Gasteiger partial charge in [-0.25, -0.2) is 4.98 Å². The number of hydrogen-bond acceptors (Lipinski definition) is 7. The van der Waals surface area contributed by atoms with Crippen LogP contribution >= 0.6 is 0 Å². The Morgan fingerprint density at radius 2 is 1.91 bits per heavy atom. The van der Waals surface area contributed by atoms with Crippen LogP contribution in [0.15, 0.2) is 36.7 Å². The number of carbonyl (C=O) groups excluding carboxylic acids is 4. The molecule has 0 radical (unpaired) electrons. The van der Waals surface area contributed by atoms with Gasteiger partial charge in [0.05, 0.1) is 13.2 Å². The van der Waals surface area contributed by atoms with Crippen LogP contribution in [-0.2, 0) is 30.5 Å². The van der Waals surface area contributed by atoms with Crippen molar-refractivity contribution in [2.24, 2.45) is 11.8 Å². The molecule has 1 aromatic carbocycles. The van der Waals surface area contributed by atoms with Crippen molar-refractivity contribution in [3.05, 3.63) is 36.7 Å². The Kier molecular flexibility index (Phi) is 12.2. The number of carbonyl (C=O) groups is 4. The molecule has 2 aliphatic rings. The van der Waals surface area contributed by atoms with Gasteiger partial charge in [-0.3, -0.25) is 19.2 Å². The number of nitrogens with one attached hydrogen (secondary N) is 2. The molecule has 2 aromatic rings. The molecule has 240 valence electrons. The predicted octanol–water partition coefficient (Wildman–Crippen LogP) is 2.08. The maximum Gasteiger partial charge on any atom is 0.248 e. The Morgan fingerprint density at radius 3 is 2.66 bits per heavy atom. The average Bonchev–Trinajstić information content (AvgIpc) is 3.49. The summed E-state index contributed by atoms with van der Waals surface area (Å²) >= 11 is 0. The van der Waals surface area contributed by atoms with E-state index in [9.17, 15) is 19.2 Å². The van der Waals surface area contributed by atoms with E-state index in [2.05, 4.69) is 15.6 Å². The van der Waals surface area contributed by atoms with Crippen molar-refractivity contribution in [2.75, 3.05) is 52.5 Å². The van der Waals surface area contributed by atoms with E-state index in [1.807, 2.05) is 55.8 Å². The molecular weight excluding hydrogens is 564 g/mol. The van der Waals surface area contributed by atoms with E-state index in [-0.39, 0.29) is 48.6 Å². The number of aromatic nitrogens is 2. The van der Waals surface area contributed by atoms with Gasteiger partial charge in [-0.2, -0.15) is 0 Å². The molecule has 0 aliphatic carbocycles. The summed E-state index contributed by atoms with van der Waals surface area (Å²) in [5.74, 6) is 0.485. The first kappa shape index (κ1) is 33.0. The second-order valence-electron chi connectivity index (χ2n) is 11.8. The van der Waals surface area contributed by atoms with E-state index in [0.29, 0.717) is 77.4 Å². The lowest BCUT2D eigenvalue weighted by Gasteiger charge is -2.34. The Labute approximate surface area is 259 Å². The van der Waals surface area contributed by atoms with Crippen molar-refractivity contribution in [1.29, 1.82) is 0 Å². The summed E-state index contributed by atoms with van der Waals surface area (Å²) in [7, 11) is 0. The average molecular weight is 611 g/mol. The summed E-state index contributed by atoms with van der Waals surface area (Å²) in [4.78, 5) is 60.4. The lowest BCUT2D eigenvalue weighted by atomic mass is 9.95. The van der Waals surface area contributed by atoms with Crippen molar-refractivity contribution in [1.82, 2.24) is 30.0 Å². The van der Waals surface area contributed by atoms with Gasteiger partial charge in [0.15, 0.2) is 0 Å². The molecule has 0 saturated carbocycles. The van der Waals surface area contributed by atoms with Gasteiger partial charge < -0.3 is 34.5 Å². The standard InChI is InChI=1S/C32H46N6O6/c1-4-43-22-29(40)36-14-9-24(10-15-36)32(42)38-13-6-18-44-26-8-5-7-25(20-26)30-33-11-16-37(30)17-12-34-31(41)27(19-23(2)3)35-28(39)21-38/h5,7-8,11,16,20,23-24,27H,4,6,9-10,12-15,17-19,21-22H2,1-3H3,(H,34,41)(H,35,39)/t27-/m1/s1. The maximum absolute atomic E-state index is 13.7. The summed E-state index contributed by atoms with van der Waals surface area (Å²) in [5, 5.41) is 5.85. The van der Waals surface area contributed by atoms with Crippen LogP contribution < -0.4 is 15.4 Å². The lowest BCUT2D eigenvalue weighted by Crippen LogP contribution is -2.52. The number of hydrogen-bond donors (Lipinski definition) is 2. The highest BCUT2D eigenvalue weighted by Gasteiger charge is 2.32. The van der Waals surface area contributed by atoms with Crippen molar-refractivity contribution < 1.29 is 28.7 Å². The van der Waals surface area contributed by atoms with Gasteiger partial charge in [0.2, 0.25) is 23.6 Å². The minimum absolute atomic E-state index is 0.0404. The number of piperidine rings is 1. The van der Waals surface area contributed by atoms with E-state index in [0.717, 1.165) is 11.4 Å². The van der Waals surface area contributed by atoms with Gasteiger partial charge in [-0.05, 0) is 50.7 Å². The Balaban J connectivity index is 1.49. The number of amides is 4. The van der Waals surface area contributed by atoms with Crippen LogP contribution in [-0.4, -0.2) is 102 Å². The highest BCUT2D eigenvalue weighted by Crippen LogP contribution is 2.24. The number of nitrogens with zero attached hydrogens (tertiary/aromatic N) is 4. The highest BCUT2D eigenvalue weighted by atomic mass is 16.5. The molecule has 1 aromatic heterocycles. The molecule has 12 nitrogen and oxygen atoms in total. The number of benzene rings is 1. The fraction of sp³-hybridized carbons (Fsp3) is 0.594. The summed E-state index contributed by atoms with van der Waals surface area (Å²) in [6, 6.07) is 6.95. The third-order valence-corrected chi connectivity index (χ3v) is 7.93. The molecule has 0 unspecified atom stereocenters. The van der Waals surface area contributed by atoms with Crippen molar-refractivity contribution >= 4 is 23.6 Å². The van der Waals surface area contributed by atoms with Gasteiger partial charge in [-0.15, -0.1) is 0 Å². The van der Waals surface area contributed by atoms with Crippen LogP contribution in [0.5, 0.6) is 5.75 Å². The van der Waals surface area contributed by atoms with Crippen molar-refractivity contribution in [3.63, 3.8) is 0 Å². The summed E-state index contributed by atoms with van der Waals surface area (Å²) < 4.78 is 13.3. The normalized spacial score (nSPS) is 19.3. The summed E-state index contributed by atoms with van der Waals surface area (Å²) in [5.41, 5.74) is 0.896. The Bertz CT molecular complexity index is 1270. The van der Waals surface area contributed by atoms with Crippen molar-refractivity contribution in [3.8, 4) is 17.1 Å². The molecule has 2 bridgehead atoms. The summed E-state index contributed by atoms with van der Waals surface area (Å²) in [6.45, 7) is 8.67. The zero-order valence-electron chi connectivity index (χ0n) is 26.1. The molecule has 44 heavy (non-hydrogen) atoms.